The summed E-state index contributed by atoms with van der Waals surface area (Å²) in [6.45, 7) is 12.0. The molecule has 1 heterocycles. The van der Waals surface area contributed by atoms with E-state index in [-0.39, 0.29) is 6.09 Å². The highest BCUT2D eigenvalue weighted by Crippen LogP contribution is 2.47. The van der Waals surface area contributed by atoms with Crippen LogP contribution < -0.4 is 5.32 Å². The molecule has 1 amide bonds. The Labute approximate surface area is 146 Å². The maximum Gasteiger partial charge on any atom is 0.410 e. The minimum absolute atomic E-state index is 0.294. The number of likely N-dealkylation sites (N-methyl/N-ethyl adjacent to an activating group) is 1. The first-order valence-corrected chi connectivity index (χ1v) is 9.22. The Morgan fingerprint density at radius 2 is 2.04 bits per heavy atom. The summed E-state index contributed by atoms with van der Waals surface area (Å²) in [5.74, 6) is 0.985. The van der Waals surface area contributed by atoms with Crippen LogP contribution in [0.2, 0.25) is 0 Å². The van der Waals surface area contributed by atoms with Crippen LogP contribution in [0, 0.1) is 5.41 Å². The molecule has 1 saturated carbocycles. The number of hydrogen-bond donors (Lipinski definition) is 1. The van der Waals surface area contributed by atoms with E-state index >= 15 is 0 Å². The Bertz CT molecular complexity index is 466. The molecule has 1 aliphatic carbocycles. The Kier molecular flexibility index (Phi) is 5.99. The summed E-state index contributed by atoms with van der Waals surface area (Å²) >= 11 is 0. The third kappa shape index (κ3) is 5.02. The minimum atomic E-state index is -0.462. The van der Waals surface area contributed by atoms with E-state index in [9.17, 15) is 4.79 Å². The molecule has 6 heteroatoms. The van der Waals surface area contributed by atoms with Gasteiger partial charge in [-0.3, -0.25) is 4.99 Å². The fraction of sp³-hybridized carbons (Fsp3) is 0.889. The van der Waals surface area contributed by atoms with E-state index in [2.05, 4.69) is 17.1 Å². The van der Waals surface area contributed by atoms with E-state index in [1.165, 1.54) is 25.7 Å². The van der Waals surface area contributed by atoms with Gasteiger partial charge < -0.3 is 19.9 Å². The molecule has 0 unspecified atom stereocenters. The molecule has 0 radical (unpaired) electrons. The highest BCUT2D eigenvalue weighted by Gasteiger charge is 2.43. The van der Waals surface area contributed by atoms with Gasteiger partial charge in [0.2, 0.25) is 0 Å². The number of nitrogens with one attached hydrogen (secondary N) is 1. The summed E-state index contributed by atoms with van der Waals surface area (Å²) in [5.41, 5.74) is 0.0969. The van der Waals surface area contributed by atoms with Crippen molar-refractivity contribution < 1.29 is 9.53 Å². The van der Waals surface area contributed by atoms with Crippen molar-refractivity contribution in [2.45, 2.75) is 59.0 Å². The number of hydrogen-bond acceptors (Lipinski definition) is 3. The van der Waals surface area contributed by atoms with Crippen molar-refractivity contribution in [3.05, 3.63) is 0 Å². The zero-order valence-corrected chi connectivity index (χ0v) is 16.0. The molecule has 1 aliphatic heterocycles. The lowest BCUT2D eigenvalue weighted by molar-refractivity contribution is 0.0304. The van der Waals surface area contributed by atoms with Gasteiger partial charge in [-0.2, -0.15) is 0 Å². The Balaban J connectivity index is 1.84. The predicted molar refractivity (Wildman–Crippen MR) is 97.3 cm³/mol. The zero-order valence-electron chi connectivity index (χ0n) is 16.0. The quantitative estimate of drug-likeness (QED) is 0.632. The molecule has 2 fully saturated rings. The lowest BCUT2D eigenvalue weighted by Gasteiger charge is -2.38. The maximum absolute atomic E-state index is 12.0. The second-order valence-corrected chi connectivity index (χ2v) is 8.16. The average molecular weight is 338 g/mol. The van der Waals surface area contributed by atoms with E-state index in [4.69, 9.17) is 9.73 Å². The highest BCUT2D eigenvalue weighted by molar-refractivity contribution is 5.80. The molecule has 0 atom stereocenters. The first kappa shape index (κ1) is 18.9. The van der Waals surface area contributed by atoms with Crippen molar-refractivity contribution in [3.8, 4) is 0 Å². The number of aliphatic imine (C=N–C) groups is 1. The summed E-state index contributed by atoms with van der Waals surface area (Å²) < 4.78 is 5.37. The third-order valence-corrected chi connectivity index (χ3v) is 4.89. The average Bonchev–Trinajstić information content (AvgIpc) is 2.90. The highest BCUT2D eigenvalue weighted by atomic mass is 16.6. The summed E-state index contributed by atoms with van der Waals surface area (Å²) in [6.07, 6.45) is 5.10. The van der Waals surface area contributed by atoms with Crippen molar-refractivity contribution in [1.82, 2.24) is 15.1 Å². The number of carbonyl (C=O) groups excluding carboxylic acids is 1. The number of nitrogens with zero attached hydrogens (tertiary/aromatic N) is 3. The standard InChI is InChI=1S/C18H34N4O2/c1-6-19-15(22-12-10-18(14-22)8-7-9-18)20-11-13-21(5)16(23)24-17(2,3)4/h6-14H2,1-5H3,(H,19,20). The zero-order chi connectivity index (χ0) is 17.8. The van der Waals surface area contributed by atoms with E-state index in [1.807, 2.05) is 20.8 Å². The third-order valence-electron chi connectivity index (χ3n) is 4.89. The molecule has 0 aromatic heterocycles. The lowest BCUT2D eigenvalue weighted by atomic mass is 9.68. The summed E-state index contributed by atoms with van der Waals surface area (Å²) in [6, 6.07) is 0. The minimum Gasteiger partial charge on any atom is -0.444 e. The van der Waals surface area contributed by atoms with Crippen LogP contribution in [0.15, 0.2) is 4.99 Å². The summed E-state index contributed by atoms with van der Waals surface area (Å²) in [7, 11) is 1.76. The lowest BCUT2D eigenvalue weighted by Crippen LogP contribution is -2.43. The van der Waals surface area contributed by atoms with Gasteiger partial charge in [0.25, 0.3) is 0 Å². The van der Waals surface area contributed by atoms with Crippen LogP contribution in [0.1, 0.15) is 53.4 Å². The number of likely N-dealkylation sites (tertiary alicyclic amines) is 1. The number of rotatable bonds is 4. The van der Waals surface area contributed by atoms with E-state index < -0.39 is 5.60 Å². The second-order valence-electron chi connectivity index (χ2n) is 8.16. The van der Waals surface area contributed by atoms with Crippen molar-refractivity contribution in [2.75, 3.05) is 39.8 Å². The van der Waals surface area contributed by atoms with Gasteiger partial charge >= 0.3 is 6.09 Å². The smallest absolute Gasteiger partial charge is 0.410 e. The fourth-order valence-corrected chi connectivity index (χ4v) is 3.36. The molecule has 6 nitrogen and oxygen atoms in total. The topological polar surface area (TPSA) is 57.2 Å². The van der Waals surface area contributed by atoms with Crippen LogP contribution in [0.25, 0.3) is 0 Å². The van der Waals surface area contributed by atoms with Gasteiger partial charge in [0.1, 0.15) is 5.60 Å². The molecular weight excluding hydrogens is 304 g/mol. The second kappa shape index (κ2) is 7.62. The summed E-state index contributed by atoms with van der Waals surface area (Å²) in [5, 5.41) is 3.39. The molecule has 1 saturated heterocycles. The van der Waals surface area contributed by atoms with Crippen LogP contribution in [0.3, 0.4) is 0 Å². The van der Waals surface area contributed by atoms with Gasteiger partial charge in [-0.05, 0) is 52.4 Å². The molecular formula is C18H34N4O2. The first-order valence-electron chi connectivity index (χ1n) is 9.22. The van der Waals surface area contributed by atoms with Crippen LogP contribution in [-0.2, 0) is 4.74 Å². The SMILES string of the molecule is CCNC(=NCCN(C)C(=O)OC(C)(C)C)N1CCC2(CCC2)C1. The van der Waals surface area contributed by atoms with Gasteiger partial charge in [0.15, 0.2) is 5.96 Å². The molecule has 2 rings (SSSR count). The van der Waals surface area contributed by atoms with Crippen LogP contribution in [0.5, 0.6) is 0 Å². The van der Waals surface area contributed by atoms with Gasteiger partial charge in [-0.15, -0.1) is 0 Å². The largest absolute Gasteiger partial charge is 0.444 e. The van der Waals surface area contributed by atoms with Crippen molar-refractivity contribution in [2.24, 2.45) is 10.4 Å². The Morgan fingerprint density at radius 3 is 2.54 bits per heavy atom. The molecule has 0 aromatic carbocycles. The van der Waals surface area contributed by atoms with E-state index in [0.29, 0.717) is 18.5 Å². The number of guanidine groups is 1. The van der Waals surface area contributed by atoms with Gasteiger partial charge in [-0.1, -0.05) is 6.42 Å². The number of carbonyl (C=O) groups is 1. The normalized spacial score (nSPS) is 20.0. The van der Waals surface area contributed by atoms with Gasteiger partial charge in [0.05, 0.1) is 6.54 Å². The van der Waals surface area contributed by atoms with E-state index in [1.54, 1.807) is 11.9 Å². The summed E-state index contributed by atoms with van der Waals surface area (Å²) in [4.78, 5) is 20.7. The Hall–Kier alpha value is -1.46. The molecule has 1 spiro atoms. The maximum atomic E-state index is 12.0. The van der Waals surface area contributed by atoms with Crippen LogP contribution in [-0.4, -0.2) is 67.2 Å². The molecule has 24 heavy (non-hydrogen) atoms. The van der Waals surface area contributed by atoms with Crippen LogP contribution in [0.4, 0.5) is 4.79 Å². The molecule has 0 bridgehead atoms. The van der Waals surface area contributed by atoms with E-state index in [0.717, 1.165) is 25.6 Å². The Morgan fingerprint density at radius 1 is 1.33 bits per heavy atom. The predicted octanol–water partition coefficient (Wildman–Crippen LogP) is 2.69. The van der Waals surface area contributed by atoms with Crippen molar-refractivity contribution in [3.63, 3.8) is 0 Å². The first-order chi connectivity index (χ1) is 11.2. The van der Waals surface area contributed by atoms with Gasteiger partial charge in [0, 0.05) is 33.2 Å². The monoisotopic (exact) mass is 338 g/mol. The molecule has 138 valence electrons. The number of amides is 1. The molecule has 0 aromatic rings. The van der Waals surface area contributed by atoms with Gasteiger partial charge in [-0.25, -0.2) is 4.79 Å². The van der Waals surface area contributed by atoms with Crippen LogP contribution >= 0.6 is 0 Å². The molecule has 2 aliphatic rings. The number of ether oxygens (including phenoxy) is 1. The van der Waals surface area contributed by atoms with Crippen molar-refractivity contribution in [1.29, 1.82) is 0 Å². The van der Waals surface area contributed by atoms with Crippen molar-refractivity contribution >= 4 is 12.1 Å². The molecule has 1 N–H and O–H groups in total. The fourth-order valence-electron chi connectivity index (χ4n) is 3.36.